The van der Waals surface area contributed by atoms with Gasteiger partial charge < -0.3 is 5.11 Å². The summed E-state index contributed by atoms with van der Waals surface area (Å²) in [6.45, 7) is 2.42. The normalized spacial score (nSPS) is 9.38. The van der Waals surface area contributed by atoms with Gasteiger partial charge in [-0.1, -0.05) is 6.92 Å². The lowest BCUT2D eigenvalue weighted by molar-refractivity contribution is -0.151. The Morgan fingerprint density at radius 2 is 1.85 bits per heavy atom. The highest BCUT2D eigenvalue weighted by molar-refractivity contribution is 5.96. The van der Waals surface area contributed by atoms with Crippen LogP contribution in [0.2, 0.25) is 0 Å². The Bertz CT molecular complexity index is 224. The number of carboxylic acids is 1. The van der Waals surface area contributed by atoms with Crippen molar-refractivity contribution in [2.24, 2.45) is 0 Å². The predicted molar refractivity (Wildman–Crippen MR) is 44.9 cm³/mol. The number of carbonyl (C=O) groups is 3. The number of hydrogen-bond donors (Lipinski definition) is 1. The van der Waals surface area contributed by atoms with Crippen molar-refractivity contribution in [1.82, 2.24) is 4.90 Å². The van der Waals surface area contributed by atoms with Gasteiger partial charge in [0, 0.05) is 13.3 Å². The molecule has 0 unspecified atom stereocenters. The van der Waals surface area contributed by atoms with Gasteiger partial charge in [0.25, 0.3) is 0 Å². The molecule has 74 valence electrons. The molecule has 0 bridgehead atoms. The number of hydrogen-bond acceptors (Lipinski definition) is 3. The average molecular weight is 187 g/mol. The van der Waals surface area contributed by atoms with Crippen LogP contribution in [-0.4, -0.2) is 34.3 Å². The Morgan fingerprint density at radius 1 is 1.31 bits per heavy atom. The van der Waals surface area contributed by atoms with E-state index in [1.165, 1.54) is 6.92 Å². The summed E-state index contributed by atoms with van der Waals surface area (Å²) >= 11 is 0. The first-order chi connectivity index (χ1) is 5.99. The van der Waals surface area contributed by atoms with Gasteiger partial charge in [-0.2, -0.15) is 0 Å². The van der Waals surface area contributed by atoms with Gasteiger partial charge in [-0.05, 0) is 6.42 Å². The Hall–Kier alpha value is -1.39. The molecule has 0 saturated carbocycles. The molecule has 5 nitrogen and oxygen atoms in total. The summed E-state index contributed by atoms with van der Waals surface area (Å²) < 4.78 is 0. The fourth-order valence-corrected chi connectivity index (χ4v) is 0.859. The van der Waals surface area contributed by atoms with Gasteiger partial charge in [0.05, 0.1) is 0 Å². The summed E-state index contributed by atoms with van der Waals surface area (Å²) in [6, 6.07) is 0. The Morgan fingerprint density at radius 3 is 2.15 bits per heavy atom. The summed E-state index contributed by atoms with van der Waals surface area (Å²) in [5, 5.41) is 8.40. The van der Waals surface area contributed by atoms with Crippen LogP contribution in [0.1, 0.15) is 26.7 Å². The standard InChI is InChI=1S/C8H13NO4/c1-3-4-7(11)9(6(2)10)5-8(12)13/h3-5H2,1-2H3,(H,12,13). The van der Waals surface area contributed by atoms with Gasteiger partial charge in [-0.3, -0.25) is 19.3 Å². The van der Waals surface area contributed by atoms with E-state index in [0.717, 1.165) is 4.90 Å². The Labute approximate surface area is 76.3 Å². The number of carbonyl (C=O) groups excluding carboxylic acids is 2. The maximum Gasteiger partial charge on any atom is 0.323 e. The van der Waals surface area contributed by atoms with Crippen LogP contribution in [0.4, 0.5) is 0 Å². The van der Waals surface area contributed by atoms with E-state index in [2.05, 4.69) is 0 Å². The first-order valence-electron chi connectivity index (χ1n) is 4.01. The maximum atomic E-state index is 11.2. The van der Waals surface area contributed by atoms with E-state index in [1.54, 1.807) is 6.92 Å². The van der Waals surface area contributed by atoms with Gasteiger partial charge in [-0.25, -0.2) is 0 Å². The molecule has 0 radical (unpaired) electrons. The van der Waals surface area contributed by atoms with Crippen molar-refractivity contribution < 1.29 is 19.5 Å². The topological polar surface area (TPSA) is 74.7 Å². The summed E-state index contributed by atoms with van der Waals surface area (Å²) in [4.78, 5) is 33.0. The van der Waals surface area contributed by atoms with E-state index < -0.39 is 24.3 Å². The van der Waals surface area contributed by atoms with Crippen LogP contribution in [0.25, 0.3) is 0 Å². The summed E-state index contributed by atoms with van der Waals surface area (Å²) in [6.07, 6.45) is 0.801. The smallest absolute Gasteiger partial charge is 0.323 e. The van der Waals surface area contributed by atoms with Crippen molar-refractivity contribution in [3.63, 3.8) is 0 Å². The number of rotatable bonds is 4. The number of carboxylic acid groups (broad SMARTS) is 1. The van der Waals surface area contributed by atoms with Crippen molar-refractivity contribution >= 4 is 17.8 Å². The second-order valence-corrected chi connectivity index (χ2v) is 2.64. The molecule has 0 spiro atoms. The third-order valence-corrected chi connectivity index (χ3v) is 1.44. The number of amides is 2. The summed E-state index contributed by atoms with van der Waals surface area (Å²) in [5.41, 5.74) is 0. The van der Waals surface area contributed by atoms with E-state index in [1.807, 2.05) is 0 Å². The van der Waals surface area contributed by atoms with Crippen molar-refractivity contribution in [3.8, 4) is 0 Å². The van der Waals surface area contributed by atoms with Gasteiger partial charge >= 0.3 is 5.97 Å². The Kier molecular flexibility index (Phi) is 4.72. The molecule has 0 aliphatic rings. The molecule has 0 aliphatic heterocycles. The van der Waals surface area contributed by atoms with Crippen molar-refractivity contribution in [2.75, 3.05) is 6.54 Å². The minimum atomic E-state index is -1.18. The first-order valence-corrected chi connectivity index (χ1v) is 4.01. The number of imide groups is 1. The van der Waals surface area contributed by atoms with Crippen LogP contribution in [0, 0.1) is 0 Å². The molecule has 0 fully saturated rings. The Balaban J connectivity index is 4.32. The molecular weight excluding hydrogens is 174 g/mol. The minimum Gasteiger partial charge on any atom is -0.480 e. The number of aliphatic carboxylic acids is 1. The molecule has 0 saturated heterocycles. The largest absolute Gasteiger partial charge is 0.480 e. The summed E-state index contributed by atoms with van der Waals surface area (Å²) in [7, 11) is 0. The first kappa shape index (κ1) is 11.6. The second-order valence-electron chi connectivity index (χ2n) is 2.64. The predicted octanol–water partition coefficient (Wildman–Crippen LogP) is 0.246. The lowest BCUT2D eigenvalue weighted by Crippen LogP contribution is -2.38. The molecule has 13 heavy (non-hydrogen) atoms. The molecule has 0 rings (SSSR count). The highest BCUT2D eigenvalue weighted by Crippen LogP contribution is 1.98. The zero-order valence-electron chi connectivity index (χ0n) is 7.74. The SMILES string of the molecule is CCCC(=O)N(CC(=O)O)C(C)=O. The van der Waals surface area contributed by atoms with Gasteiger partial charge in [0.2, 0.25) is 11.8 Å². The molecular formula is C8H13NO4. The molecule has 0 aromatic carbocycles. The van der Waals surface area contributed by atoms with Crippen molar-refractivity contribution in [1.29, 1.82) is 0 Å². The molecule has 0 aliphatic carbocycles. The van der Waals surface area contributed by atoms with Crippen LogP contribution < -0.4 is 0 Å². The molecule has 0 heterocycles. The molecule has 5 heteroatoms. The van der Waals surface area contributed by atoms with Crippen molar-refractivity contribution in [2.45, 2.75) is 26.7 Å². The number of nitrogens with zero attached hydrogens (tertiary/aromatic N) is 1. The fraction of sp³-hybridized carbons (Fsp3) is 0.625. The third kappa shape index (κ3) is 4.25. The molecule has 0 atom stereocenters. The zero-order valence-corrected chi connectivity index (χ0v) is 7.74. The van der Waals surface area contributed by atoms with E-state index >= 15 is 0 Å². The van der Waals surface area contributed by atoms with E-state index in [-0.39, 0.29) is 6.42 Å². The summed E-state index contributed by atoms with van der Waals surface area (Å²) in [5.74, 6) is -2.14. The lowest BCUT2D eigenvalue weighted by atomic mass is 10.3. The van der Waals surface area contributed by atoms with Crippen LogP contribution in [0.3, 0.4) is 0 Å². The van der Waals surface area contributed by atoms with Gasteiger partial charge in [0.1, 0.15) is 6.54 Å². The highest BCUT2D eigenvalue weighted by Gasteiger charge is 2.19. The van der Waals surface area contributed by atoms with E-state index in [4.69, 9.17) is 5.11 Å². The van der Waals surface area contributed by atoms with E-state index in [0.29, 0.717) is 6.42 Å². The highest BCUT2D eigenvalue weighted by atomic mass is 16.4. The maximum absolute atomic E-state index is 11.2. The minimum absolute atomic E-state index is 0.201. The molecule has 2 amide bonds. The fourth-order valence-electron chi connectivity index (χ4n) is 0.859. The van der Waals surface area contributed by atoms with E-state index in [9.17, 15) is 14.4 Å². The average Bonchev–Trinajstić information content (AvgIpc) is 1.99. The lowest BCUT2D eigenvalue weighted by Gasteiger charge is -2.15. The van der Waals surface area contributed by atoms with Crippen LogP contribution >= 0.6 is 0 Å². The third-order valence-electron chi connectivity index (χ3n) is 1.44. The van der Waals surface area contributed by atoms with Gasteiger partial charge in [0.15, 0.2) is 0 Å². The quantitative estimate of drug-likeness (QED) is 0.684. The van der Waals surface area contributed by atoms with Gasteiger partial charge in [-0.15, -0.1) is 0 Å². The molecule has 0 aromatic heterocycles. The molecule has 0 aromatic rings. The van der Waals surface area contributed by atoms with Crippen LogP contribution in [0.15, 0.2) is 0 Å². The zero-order chi connectivity index (χ0) is 10.4. The van der Waals surface area contributed by atoms with Crippen LogP contribution in [0.5, 0.6) is 0 Å². The molecule has 1 N–H and O–H groups in total. The second kappa shape index (κ2) is 5.29. The van der Waals surface area contributed by atoms with Crippen LogP contribution in [-0.2, 0) is 14.4 Å². The monoisotopic (exact) mass is 187 g/mol. The van der Waals surface area contributed by atoms with Crippen molar-refractivity contribution in [3.05, 3.63) is 0 Å².